The molecule has 0 aromatic carbocycles. The molecule has 4 N–H and O–H groups in total. The van der Waals surface area contributed by atoms with E-state index in [0.29, 0.717) is 41.7 Å². The summed E-state index contributed by atoms with van der Waals surface area (Å²) < 4.78 is 9.39. The second kappa shape index (κ2) is 10.7. The number of terminal acetylenes is 1. The normalized spacial score (nSPS) is 24.6. The molecular weight excluding hydrogens is 488 g/mol. The van der Waals surface area contributed by atoms with E-state index in [0.717, 1.165) is 25.9 Å². The standard InChI is InChI=1S/C26H34N8O4/c1-4-5-6-10-33(16-7-11-31(2)12-8-16)25(37)22-20(35)21(36)26(38-22)34-14-17(18-9-13-32(3)30-18)19-23(27)28-15-29-24(19)34/h1,9,13-16,20-22,26,35-36H,5-8,10-12H2,2-3H3,(H2,27,28,29)/t20-,21+,22-,26+/m0/s1. The number of likely N-dealkylation sites (tertiary alicyclic amines) is 1. The predicted molar refractivity (Wildman–Crippen MR) is 140 cm³/mol. The van der Waals surface area contributed by atoms with E-state index in [4.69, 9.17) is 16.9 Å². The van der Waals surface area contributed by atoms with Gasteiger partial charge in [0.25, 0.3) is 5.91 Å². The minimum Gasteiger partial charge on any atom is -0.387 e. The van der Waals surface area contributed by atoms with Gasteiger partial charge in [0.2, 0.25) is 0 Å². The summed E-state index contributed by atoms with van der Waals surface area (Å²) in [5, 5.41) is 27.1. The summed E-state index contributed by atoms with van der Waals surface area (Å²) in [5.41, 5.74) is 7.91. The molecule has 12 nitrogen and oxygen atoms in total. The highest BCUT2D eigenvalue weighted by Gasteiger charge is 2.49. The van der Waals surface area contributed by atoms with E-state index in [1.165, 1.54) is 6.33 Å². The molecule has 5 rings (SSSR count). The first-order chi connectivity index (χ1) is 18.3. The monoisotopic (exact) mass is 522 g/mol. The van der Waals surface area contributed by atoms with Gasteiger partial charge in [0.1, 0.15) is 30.0 Å². The number of aliphatic hydroxyl groups is 2. The van der Waals surface area contributed by atoms with Gasteiger partial charge in [-0.2, -0.15) is 5.10 Å². The van der Waals surface area contributed by atoms with Gasteiger partial charge < -0.3 is 35.1 Å². The van der Waals surface area contributed by atoms with Gasteiger partial charge in [-0.3, -0.25) is 9.48 Å². The number of rotatable bonds is 7. The van der Waals surface area contributed by atoms with Crippen molar-refractivity contribution < 1.29 is 19.7 Å². The van der Waals surface area contributed by atoms with Crippen molar-refractivity contribution in [2.24, 2.45) is 7.05 Å². The minimum atomic E-state index is -1.43. The van der Waals surface area contributed by atoms with Crippen LogP contribution < -0.4 is 5.73 Å². The summed E-state index contributed by atoms with van der Waals surface area (Å²) in [6.45, 7) is 2.20. The number of piperidine rings is 1. The van der Waals surface area contributed by atoms with Gasteiger partial charge in [-0.15, -0.1) is 12.3 Å². The zero-order valence-electron chi connectivity index (χ0n) is 21.6. The molecule has 1 amide bonds. The Balaban J connectivity index is 1.46. The number of carbonyl (C=O) groups excluding carboxylic acids is 1. The van der Waals surface area contributed by atoms with Crippen LogP contribution in [0, 0.1) is 12.3 Å². The van der Waals surface area contributed by atoms with E-state index in [9.17, 15) is 15.0 Å². The molecule has 0 aliphatic carbocycles. The average molecular weight is 523 g/mol. The maximum atomic E-state index is 13.8. The van der Waals surface area contributed by atoms with Gasteiger partial charge in [-0.25, -0.2) is 9.97 Å². The lowest BCUT2D eigenvalue weighted by atomic mass is 10.0. The number of amides is 1. The fourth-order valence-electron chi connectivity index (χ4n) is 5.44. The van der Waals surface area contributed by atoms with Crippen LogP contribution in [-0.4, -0.2) is 101 Å². The van der Waals surface area contributed by atoms with Crippen molar-refractivity contribution in [2.45, 2.75) is 56.3 Å². The summed E-state index contributed by atoms with van der Waals surface area (Å²) in [7, 11) is 3.86. The SMILES string of the molecule is C#CCCCN(C(=O)[C@H]1O[C@@H](n2cc(-c3ccn(C)n3)c3c(N)ncnc32)[C@H](O)[C@@H]1O)C1CCN(C)CC1. The molecule has 2 fully saturated rings. The maximum absolute atomic E-state index is 13.8. The Labute approximate surface area is 221 Å². The topological polar surface area (TPSA) is 148 Å². The van der Waals surface area contributed by atoms with Crippen LogP contribution in [0.1, 0.15) is 31.9 Å². The van der Waals surface area contributed by atoms with Crippen LogP contribution in [0.25, 0.3) is 22.3 Å². The van der Waals surface area contributed by atoms with Crippen LogP contribution in [0.15, 0.2) is 24.8 Å². The van der Waals surface area contributed by atoms with Crippen molar-refractivity contribution >= 4 is 22.8 Å². The average Bonchev–Trinajstić information content (AvgIpc) is 3.59. The molecule has 202 valence electrons. The Morgan fingerprint density at radius 1 is 1.26 bits per heavy atom. The second-order valence-electron chi connectivity index (χ2n) is 10.1. The molecule has 0 saturated carbocycles. The predicted octanol–water partition coefficient (Wildman–Crippen LogP) is 0.369. The highest BCUT2D eigenvalue weighted by Crippen LogP contribution is 2.38. The van der Waals surface area contributed by atoms with E-state index in [-0.39, 0.29) is 17.8 Å². The first kappa shape index (κ1) is 26.1. The van der Waals surface area contributed by atoms with Gasteiger partial charge in [0.15, 0.2) is 12.3 Å². The number of anilines is 1. The third kappa shape index (κ3) is 4.74. The van der Waals surface area contributed by atoms with Gasteiger partial charge in [-0.1, -0.05) is 0 Å². The summed E-state index contributed by atoms with van der Waals surface area (Å²) in [6, 6.07) is 1.84. The van der Waals surface area contributed by atoms with E-state index in [2.05, 4.69) is 32.9 Å². The number of unbranched alkanes of at least 4 members (excludes halogenated alkanes) is 1. The van der Waals surface area contributed by atoms with Crippen LogP contribution in [-0.2, 0) is 16.6 Å². The lowest BCUT2D eigenvalue weighted by molar-refractivity contribution is -0.152. The molecule has 3 aromatic rings. The molecular formula is C26H34N8O4. The zero-order valence-corrected chi connectivity index (χ0v) is 21.6. The van der Waals surface area contributed by atoms with Gasteiger partial charge >= 0.3 is 0 Å². The summed E-state index contributed by atoms with van der Waals surface area (Å²) in [4.78, 5) is 26.3. The van der Waals surface area contributed by atoms with Gasteiger partial charge in [-0.05, 0) is 45.5 Å². The number of aryl methyl sites for hydroxylation is 1. The molecule has 0 spiro atoms. The fraction of sp³-hybridized carbons (Fsp3) is 0.538. The number of nitrogens with two attached hydrogens (primary N) is 1. The second-order valence-corrected chi connectivity index (χ2v) is 10.1. The van der Waals surface area contributed by atoms with E-state index in [1.54, 1.807) is 33.6 Å². The first-order valence-corrected chi connectivity index (χ1v) is 12.8. The van der Waals surface area contributed by atoms with Crippen LogP contribution in [0.4, 0.5) is 5.82 Å². The number of aliphatic hydroxyl groups excluding tert-OH is 2. The third-order valence-corrected chi connectivity index (χ3v) is 7.52. The molecule has 5 heterocycles. The molecule has 4 atom stereocenters. The van der Waals surface area contributed by atoms with E-state index < -0.39 is 24.5 Å². The first-order valence-electron chi connectivity index (χ1n) is 12.8. The molecule has 0 unspecified atom stereocenters. The lowest BCUT2D eigenvalue weighted by Crippen LogP contribution is -2.52. The molecule has 38 heavy (non-hydrogen) atoms. The number of ether oxygens (including phenoxy) is 1. The fourth-order valence-corrected chi connectivity index (χ4v) is 5.44. The quantitative estimate of drug-likeness (QED) is 0.296. The van der Waals surface area contributed by atoms with Gasteiger partial charge in [0, 0.05) is 44.0 Å². The molecule has 12 heteroatoms. The van der Waals surface area contributed by atoms with Crippen molar-refractivity contribution in [3.05, 3.63) is 24.8 Å². The lowest BCUT2D eigenvalue weighted by Gasteiger charge is -2.38. The summed E-state index contributed by atoms with van der Waals surface area (Å²) in [6.07, 6.45) is 8.00. The van der Waals surface area contributed by atoms with Crippen molar-refractivity contribution in [1.82, 2.24) is 34.1 Å². The molecule has 3 aromatic heterocycles. The van der Waals surface area contributed by atoms with Crippen LogP contribution in [0.3, 0.4) is 0 Å². The summed E-state index contributed by atoms with van der Waals surface area (Å²) in [5.74, 6) is 2.53. The Hall–Kier alpha value is -3.50. The number of nitrogens with zero attached hydrogens (tertiary/aromatic N) is 7. The van der Waals surface area contributed by atoms with Crippen LogP contribution >= 0.6 is 0 Å². The number of nitrogen functional groups attached to an aromatic ring is 1. The number of hydrogen-bond donors (Lipinski definition) is 3. The van der Waals surface area contributed by atoms with Crippen LogP contribution in [0.5, 0.6) is 0 Å². The molecule has 0 bridgehead atoms. The largest absolute Gasteiger partial charge is 0.387 e. The number of fused-ring (bicyclic) bond motifs is 1. The number of aromatic nitrogens is 5. The smallest absolute Gasteiger partial charge is 0.254 e. The highest BCUT2D eigenvalue weighted by molar-refractivity contribution is 5.99. The number of carbonyl (C=O) groups is 1. The van der Waals surface area contributed by atoms with Gasteiger partial charge in [0.05, 0.1) is 11.1 Å². The highest BCUT2D eigenvalue weighted by atomic mass is 16.6. The summed E-state index contributed by atoms with van der Waals surface area (Å²) >= 11 is 0. The Kier molecular flexibility index (Phi) is 7.36. The molecule has 2 saturated heterocycles. The Morgan fingerprint density at radius 2 is 2.03 bits per heavy atom. The minimum absolute atomic E-state index is 0.0131. The zero-order chi connectivity index (χ0) is 27.0. The van der Waals surface area contributed by atoms with Crippen molar-refractivity contribution in [2.75, 3.05) is 32.4 Å². The van der Waals surface area contributed by atoms with Crippen molar-refractivity contribution in [3.8, 4) is 23.6 Å². The Morgan fingerprint density at radius 3 is 2.71 bits per heavy atom. The van der Waals surface area contributed by atoms with Crippen LogP contribution in [0.2, 0.25) is 0 Å². The maximum Gasteiger partial charge on any atom is 0.254 e. The van der Waals surface area contributed by atoms with E-state index >= 15 is 0 Å². The Bertz CT molecular complexity index is 1340. The third-order valence-electron chi connectivity index (χ3n) is 7.52. The van der Waals surface area contributed by atoms with Crippen molar-refractivity contribution in [1.29, 1.82) is 0 Å². The number of hydrogen-bond acceptors (Lipinski definition) is 9. The van der Waals surface area contributed by atoms with Crippen molar-refractivity contribution in [3.63, 3.8) is 0 Å². The molecule has 0 radical (unpaired) electrons. The molecule has 2 aliphatic rings. The molecule has 2 aliphatic heterocycles. The van der Waals surface area contributed by atoms with E-state index in [1.807, 2.05) is 6.07 Å².